The maximum Gasteiger partial charge on any atom is 0.136 e. The molecular formula is C15H26N4O2. The number of nitrogen functional groups attached to an aromatic ring is 1. The van der Waals surface area contributed by atoms with Crippen molar-refractivity contribution in [1.29, 1.82) is 0 Å². The minimum absolute atomic E-state index is 0.493. The average molecular weight is 294 g/mol. The van der Waals surface area contributed by atoms with Crippen molar-refractivity contribution in [1.82, 2.24) is 9.97 Å². The molecule has 0 amide bonds. The van der Waals surface area contributed by atoms with Gasteiger partial charge in [-0.15, -0.1) is 0 Å². The Morgan fingerprint density at radius 2 is 1.76 bits per heavy atom. The number of aromatic nitrogens is 2. The van der Waals surface area contributed by atoms with Gasteiger partial charge in [-0.05, 0) is 26.7 Å². The molecule has 6 heteroatoms. The summed E-state index contributed by atoms with van der Waals surface area (Å²) in [5, 5.41) is 0. The number of nitrogens with zero attached hydrogens (tertiary/aromatic N) is 3. The molecule has 0 aromatic carbocycles. The molecule has 0 spiro atoms. The van der Waals surface area contributed by atoms with Crippen molar-refractivity contribution in [3.8, 4) is 0 Å². The van der Waals surface area contributed by atoms with E-state index in [-0.39, 0.29) is 0 Å². The summed E-state index contributed by atoms with van der Waals surface area (Å²) in [5.41, 5.74) is 5.93. The molecule has 1 fully saturated rings. The monoisotopic (exact) mass is 294 g/mol. The second kappa shape index (κ2) is 8.14. The lowest BCUT2D eigenvalue weighted by molar-refractivity contribution is 0.141. The molecule has 2 N–H and O–H groups in total. The quantitative estimate of drug-likeness (QED) is 0.664. The highest BCUT2D eigenvalue weighted by atomic mass is 16.5. The second-order valence-corrected chi connectivity index (χ2v) is 5.16. The number of anilines is 2. The summed E-state index contributed by atoms with van der Waals surface area (Å²) >= 11 is 0. The van der Waals surface area contributed by atoms with Gasteiger partial charge in [-0.3, -0.25) is 0 Å². The van der Waals surface area contributed by atoms with Crippen LogP contribution in [0, 0.1) is 0 Å². The standard InChI is InChI=1S/C15H26N4O2/c1-3-20-9-7-19(8-10-21-4-2)14-11-13(16)17-15(18-14)12-5-6-12/h11-12H,3-10H2,1-2H3,(H2,16,17,18). The van der Waals surface area contributed by atoms with Crippen molar-refractivity contribution in [3.05, 3.63) is 11.9 Å². The van der Waals surface area contributed by atoms with Gasteiger partial charge in [0.1, 0.15) is 17.5 Å². The van der Waals surface area contributed by atoms with Crippen LogP contribution in [0.1, 0.15) is 38.4 Å². The van der Waals surface area contributed by atoms with Crippen molar-refractivity contribution < 1.29 is 9.47 Å². The van der Waals surface area contributed by atoms with E-state index < -0.39 is 0 Å². The second-order valence-electron chi connectivity index (χ2n) is 5.16. The first-order valence-electron chi connectivity index (χ1n) is 7.79. The summed E-state index contributed by atoms with van der Waals surface area (Å²) in [7, 11) is 0. The average Bonchev–Trinajstić information content (AvgIpc) is 3.30. The number of nitrogens with two attached hydrogens (primary N) is 1. The summed E-state index contributed by atoms with van der Waals surface area (Å²) in [4.78, 5) is 11.2. The molecule has 1 saturated carbocycles. The van der Waals surface area contributed by atoms with E-state index in [1.807, 2.05) is 19.9 Å². The Hall–Kier alpha value is -1.40. The molecule has 6 nitrogen and oxygen atoms in total. The van der Waals surface area contributed by atoms with Crippen LogP contribution in [0.2, 0.25) is 0 Å². The molecule has 118 valence electrons. The van der Waals surface area contributed by atoms with E-state index in [0.29, 0.717) is 24.9 Å². The van der Waals surface area contributed by atoms with Gasteiger partial charge in [0, 0.05) is 38.3 Å². The van der Waals surface area contributed by atoms with E-state index >= 15 is 0 Å². The molecule has 1 heterocycles. The van der Waals surface area contributed by atoms with E-state index in [1.54, 1.807) is 0 Å². The predicted octanol–water partition coefficient (Wildman–Crippen LogP) is 1.82. The molecule has 0 aliphatic heterocycles. The van der Waals surface area contributed by atoms with Gasteiger partial charge in [-0.1, -0.05) is 0 Å². The Kier molecular flexibility index (Phi) is 6.20. The highest BCUT2D eigenvalue weighted by Crippen LogP contribution is 2.38. The van der Waals surface area contributed by atoms with Crippen molar-refractivity contribution in [3.63, 3.8) is 0 Å². The zero-order valence-electron chi connectivity index (χ0n) is 13.0. The lowest BCUT2D eigenvalue weighted by Crippen LogP contribution is -2.32. The third-order valence-electron chi connectivity index (χ3n) is 3.44. The van der Waals surface area contributed by atoms with Crippen LogP contribution < -0.4 is 10.6 Å². The van der Waals surface area contributed by atoms with Crippen molar-refractivity contribution in [2.75, 3.05) is 50.2 Å². The van der Waals surface area contributed by atoms with E-state index in [1.165, 1.54) is 12.8 Å². The number of rotatable bonds is 10. The lowest BCUT2D eigenvalue weighted by Gasteiger charge is -2.24. The Bertz CT molecular complexity index is 428. The minimum Gasteiger partial charge on any atom is -0.384 e. The van der Waals surface area contributed by atoms with Gasteiger partial charge in [0.15, 0.2) is 0 Å². The summed E-state index contributed by atoms with van der Waals surface area (Å²) < 4.78 is 10.9. The zero-order valence-corrected chi connectivity index (χ0v) is 13.0. The van der Waals surface area contributed by atoms with Gasteiger partial charge in [0.05, 0.1) is 13.2 Å². The number of hydrogen-bond donors (Lipinski definition) is 1. The van der Waals surface area contributed by atoms with Crippen molar-refractivity contribution >= 4 is 11.6 Å². The fourth-order valence-corrected chi connectivity index (χ4v) is 2.14. The van der Waals surface area contributed by atoms with Crippen LogP contribution in [0.25, 0.3) is 0 Å². The van der Waals surface area contributed by atoms with Gasteiger partial charge in [-0.25, -0.2) is 9.97 Å². The van der Waals surface area contributed by atoms with Gasteiger partial charge < -0.3 is 20.1 Å². The maximum absolute atomic E-state index is 5.93. The Morgan fingerprint density at radius 1 is 1.14 bits per heavy atom. The van der Waals surface area contributed by atoms with E-state index in [2.05, 4.69) is 14.9 Å². The first kappa shape index (κ1) is 16.0. The van der Waals surface area contributed by atoms with Crippen LogP contribution in [0.15, 0.2) is 6.07 Å². The third-order valence-corrected chi connectivity index (χ3v) is 3.44. The Balaban J connectivity index is 2.05. The molecule has 21 heavy (non-hydrogen) atoms. The molecule has 1 aromatic rings. The molecule has 0 unspecified atom stereocenters. The van der Waals surface area contributed by atoms with E-state index in [0.717, 1.165) is 37.9 Å². The smallest absolute Gasteiger partial charge is 0.136 e. The van der Waals surface area contributed by atoms with Crippen molar-refractivity contribution in [2.45, 2.75) is 32.6 Å². The number of ether oxygens (including phenoxy) is 2. The zero-order chi connectivity index (χ0) is 15.1. The summed E-state index contributed by atoms with van der Waals surface area (Å²) in [6.07, 6.45) is 2.33. The summed E-state index contributed by atoms with van der Waals surface area (Å²) in [6, 6.07) is 1.84. The Morgan fingerprint density at radius 3 is 2.29 bits per heavy atom. The molecule has 2 rings (SSSR count). The highest BCUT2D eigenvalue weighted by Gasteiger charge is 2.27. The minimum atomic E-state index is 0.493. The normalized spacial score (nSPS) is 14.4. The number of hydrogen-bond acceptors (Lipinski definition) is 6. The molecule has 0 radical (unpaired) electrons. The predicted molar refractivity (Wildman–Crippen MR) is 83.6 cm³/mol. The topological polar surface area (TPSA) is 73.5 Å². The van der Waals surface area contributed by atoms with Crippen LogP contribution in [0.3, 0.4) is 0 Å². The van der Waals surface area contributed by atoms with Crippen LogP contribution >= 0.6 is 0 Å². The van der Waals surface area contributed by atoms with Gasteiger partial charge in [-0.2, -0.15) is 0 Å². The van der Waals surface area contributed by atoms with Crippen LogP contribution in [0.5, 0.6) is 0 Å². The largest absolute Gasteiger partial charge is 0.384 e. The molecule has 1 aliphatic carbocycles. The van der Waals surface area contributed by atoms with E-state index in [4.69, 9.17) is 15.2 Å². The molecule has 1 aliphatic rings. The van der Waals surface area contributed by atoms with Crippen LogP contribution in [0.4, 0.5) is 11.6 Å². The fourth-order valence-electron chi connectivity index (χ4n) is 2.14. The van der Waals surface area contributed by atoms with Gasteiger partial charge in [0.2, 0.25) is 0 Å². The SMILES string of the molecule is CCOCCN(CCOCC)c1cc(N)nc(C2CC2)n1. The highest BCUT2D eigenvalue weighted by molar-refractivity contribution is 5.47. The first-order valence-corrected chi connectivity index (χ1v) is 7.79. The molecule has 0 saturated heterocycles. The third kappa shape index (κ3) is 5.13. The summed E-state index contributed by atoms with van der Waals surface area (Å²) in [5.74, 6) is 2.79. The van der Waals surface area contributed by atoms with Crippen LogP contribution in [-0.4, -0.2) is 49.5 Å². The van der Waals surface area contributed by atoms with Gasteiger partial charge >= 0.3 is 0 Å². The molecule has 0 atom stereocenters. The molecular weight excluding hydrogens is 268 g/mol. The van der Waals surface area contributed by atoms with Gasteiger partial charge in [0.25, 0.3) is 0 Å². The van der Waals surface area contributed by atoms with E-state index in [9.17, 15) is 0 Å². The molecule has 0 bridgehead atoms. The lowest BCUT2D eigenvalue weighted by atomic mass is 10.3. The first-order chi connectivity index (χ1) is 10.2. The fraction of sp³-hybridized carbons (Fsp3) is 0.733. The molecule has 1 aromatic heterocycles. The maximum atomic E-state index is 5.93. The van der Waals surface area contributed by atoms with Crippen LogP contribution in [-0.2, 0) is 9.47 Å². The van der Waals surface area contributed by atoms with Crippen molar-refractivity contribution in [2.24, 2.45) is 0 Å². The Labute approximate surface area is 126 Å². The summed E-state index contributed by atoms with van der Waals surface area (Å²) in [6.45, 7) is 8.34.